The predicted octanol–water partition coefficient (Wildman–Crippen LogP) is 0.0708. The Morgan fingerprint density at radius 2 is 2.04 bits per heavy atom. The number of fused-ring (bicyclic) bond motifs is 2. The number of benzene rings is 1. The molecule has 0 saturated heterocycles. The van der Waals surface area contributed by atoms with E-state index in [0.717, 1.165) is 41.5 Å². The summed E-state index contributed by atoms with van der Waals surface area (Å²) in [6, 6.07) is 3.53. The van der Waals surface area contributed by atoms with Crippen molar-refractivity contribution < 1.29 is 14.5 Å². The Hall–Kier alpha value is -3.09. The highest BCUT2D eigenvalue weighted by atomic mass is 16.5. The summed E-state index contributed by atoms with van der Waals surface area (Å²) in [5.74, 6) is 0.699. The molecule has 27 heavy (non-hydrogen) atoms. The van der Waals surface area contributed by atoms with Crippen molar-refractivity contribution in [2.45, 2.75) is 31.4 Å². The molecular formula is C20H21N4O3+. The average Bonchev–Trinajstić information content (AvgIpc) is 3.21. The highest BCUT2D eigenvalue weighted by molar-refractivity contribution is 6.03. The number of nitrogens with one attached hydrogen (secondary N) is 2. The molecule has 1 fully saturated rings. The van der Waals surface area contributed by atoms with E-state index in [9.17, 15) is 9.59 Å². The molecule has 3 aliphatic rings. The van der Waals surface area contributed by atoms with Crippen LogP contribution in [0.1, 0.15) is 24.8 Å². The Balaban J connectivity index is 1.73. The third kappa shape index (κ3) is 2.31. The molecule has 1 amide bonds. The summed E-state index contributed by atoms with van der Waals surface area (Å²) in [4.78, 5) is 32.3. The molecule has 5 rings (SSSR count). The third-order valence-electron chi connectivity index (χ3n) is 5.73. The predicted molar refractivity (Wildman–Crippen MR) is 101 cm³/mol. The van der Waals surface area contributed by atoms with E-state index in [2.05, 4.69) is 9.98 Å². The van der Waals surface area contributed by atoms with Gasteiger partial charge in [-0.2, -0.15) is 0 Å². The van der Waals surface area contributed by atoms with Crippen molar-refractivity contribution in [1.82, 2.24) is 14.5 Å². The monoisotopic (exact) mass is 365 g/mol. The minimum absolute atomic E-state index is 0.00871. The number of nitrogens with zero attached hydrogens (tertiary/aromatic N) is 2. The first-order chi connectivity index (χ1) is 13.0. The van der Waals surface area contributed by atoms with Gasteiger partial charge in [-0.15, -0.1) is 0 Å². The number of carbonyl (C=O) groups excluding carboxylic acids is 1. The Morgan fingerprint density at radius 1 is 1.22 bits per heavy atom. The van der Waals surface area contributed by atoms with Crippen LogP contribution in [-0.2, 0) is 11.8 Å². The molecule has 0 radical (unpaired) electrons. The van der Waals surface area contributed by atoms with Crippen LogP contribution in [0.2, 0.25) is 0 Å². The molecule has 7 heteroatoms. The van der Waals surface area contributed by atoms with E-state index >= 15 is 0 Å². The zero-order valence-electron chi connectivity index (χ0n) is 15.3. The number of hydrogen-bond donors (Lipinski definition) is 2. The van der Waals surface area contributed by atoms with Gasteiger partial charge in [0.15, 0.2) is 12.0 Å². The van der Waals surface area contributed by atoms with E-state index in [1.54, 1.807) is 29.8 Å². The maximum absolute atomic E-state index is 12.4. The molecule has 1 aliphatic carbocycles. The lowest BCUT2D eigenvalue weighted by molar-refractivity contribution is -0.467. The molecule has 1 aromatic heterocycles. The molecule has 0 spiro atoms. The normalized spacial score (nSPS) is 21.9. The molecule has 2 aromatic rings. The number of amides is 1. The Kier molecular flexibility index (Phi) is 3.40. The van der Waals surface area contributed by atoms with Gasteiger partial charge in [-0.05, 0) is 31.4 Å². The lowest BCUT2D eigenvalue weighted by atomic mass is 9.89. The number of H-pyrrole nitrogens is 1. The summed E-state index contributed by atoms with van der Waals surface area (Å²) in [6.07, 6.45) is 8.96. The van der Waals surface area contributed by atoms with Crippen LogP contribution >= 0.6 is 0 Å². The summed E-state index contributed by atoms with van der Waals surface area (Å²) >= 11 is 0. The van der Waals surface area contributed by atoms with Gasteiger partial charge in [0.1, 0.15) is 5.52 Å². The first-order valence-electron chi connectivity index (χ1n) is 9.21. The Bertz CT molecular complexity index is 1110. The number of rotatable bonds is 3. The zero-order chi connectivity index (χ0) is 18.7. The van der Waals surface area contributed by atoms with Crippen LogP contribution in [0.4, 0.5) is 0 Å². The number of hydrogen-bond acceptors (Lipinski definition) is 3. The summed E-state index contributed by atoms with van der Waals surface area (Å²) < 4.78 is 7.93. The number of ether oxygens (including phenoxy) is 1. The van der Waals surface area contributed by atoms with E-state index < -0.39 is 0 Å². The molecule has 3 heterocycles. The van der Waals surface area contributed by atoms with Crippen LogP contribution in [0, 0.1) is 0 Å². The smallest absolute Gasteiger partial charge is 0.326 e. The molecule has 2 aliphatic heterocycles. The third-order valence-corrected chi connectivity index (χ3v) is 5.73. The number of likely N-dealkylation sites (N-methyl/N-ethyl adjacent to an activating group) is 1. The lowest BCUT2D eigenvalue weighted by Gasteiger charge is -2.29. The molecule has 1 atom stereocenters. The number of aromatic amines is 1. The summed E-state index contributed by atoms with van der Waals surface area (Å²) in [7, 11) is 3.50. The van der Waals surface area contributed by atoms with E-state index in [0.29, 0.717) is 11.3 Å². The number of imidazole rings is 1. The molecule has 7 nitrogen and oxygen atoms in total. The standard InChI is InChI=1S/C20H20N4O3/c1-23-10-14(12-8-9-21-16(12)19(23)25)13-6-7-15-17(22-20(26)24(15)2)18(13)27-11-4-3-5-11/h6-11,16H,3-5H2,1-2H3,(H,22,26)/p+1. The van der Waals surface area contributed by atoms with Gasteiger partial charge in [0, 0.05) is 43.1 Å². The fourth-order valence-electron chi connectivity index (χ4n) is 3.89. The molecule has 138 valence electrons. The van der Waals surface area contributed by atoms with Crippen molar-refractivity contribution in [2.75, 3.05) is 7.05 Å². The van der Waals surface area contributed by atoms with Crippen molar-refractivity contribution in [1.29, 1.82) is 0 Å². The maximum Gasteiger partial charge on any atom is 0.326 e. The summed E-state index contributed by atoms with van der Waals surface area (Å²) in [6.45, 7) is 0. The fourth-order valence-corrected chi connectivity index (χ4v) is 3.89. The van der Waals surface area contributed by atoms with Gasteiger partial charge in [0.05, 0.1) is 11.6 Å². The zero-order valence-corrected chi connectivity index (χ0v) is 15.3. The van der Waals surface area contributed by atoms with Crippen LogP contribution in [0.3, 0.4) is 0 Å². The second-order valence-corrected chi connectivity index (χ2v) is 7.38. The molecule has 2 N–H and O–H groups in total. The van der Waals surface area contributed by atoms with Gasteiger partial charge in [-0.3, -0.25) is 9.36 Å². The van der Waals surface area contributed by atoms with Crippen LogP contribution in [-0.4, -0.2) is 45.8 Å². The number of aryl methyl sites for hydroxylation is 1. The van der Waals surface area contributed by atoms with Crippen molar-refractivity contribution in [3.8, 4) is 5.75 Å². The fraction of sp³-hybridized carbons (Fsp3) is 0.350. The van der Waals surface area contributed by atoms with Gasteiger partial charge in [0.2, 0.25) is 0 Å². The molecule has 1 aromatic carbocycles. The molecular weight excluding hydrogens is 344 g/mol. The SMILES string of the molecule is CN1C=C(c2ccc3c([nH]c(=O)n3C)c2OC2CCC2)C2=CC=[NH+]C2C1=O. The second kappa shape index (κ2) is 5.70. The molecule has 1 unspecified atom stereocenters. The largest absolute Gasteiger partial charge is 0.488 e. The van der Waals surface area contributed by atoms with Crippen molar-refractivity contribution in [2.24, 2.45) is 7.05 Å². The minimum Gasteiger partial charge on any atom is -0.488 e. The van der Waals surface area contributed by atoms with Gasteiger partial charge in [-0.1, -0.05) is 0 Å². The van der Waals surface area contributed by atoms with Crippen molar-refractivity contribution >= 4 is 28.7 Å². The summed E-state index contributed by atoms with van der Waals surface area (Å²) in [5, 5.41) is 0. The Morgan fingerprint density at radius 3 is 2.78 bits per heavy atom. The van der Waals surface area contributed by atoms with Crippen molar-refractivity contribution in [3.05, 3.63) is 46.0 Å². The van der Waals surface area contributed by atoms with Crippen molar-refractivity contribution in [3.63, 3.8) is 0 Å². The number of carbonyl (C=O) groups is 1. The van der Waals surface area contributed by atoms with Crippen LogP contribution < -0.4 is 15.4 Å². The summed E-state index contributed by atoms with van der Waals surface area (Å²) in [5.41, 5.74) is 4.10. The maximum atomic E-state index is 12.4. The van der Waals surface area contributed by atoms with Crippen LogP contribution in [0.25, 0.3) is 16.6 Å². The first-order valence-corrected chi connectivity index (χ1v) is 9.21. The van der Waals surface area contributed by atoms with E-state index in [1.165, 1.54) is 0 Å². The Labute approximate surface area is 155 Å². The minimum atomic E-state index is -0.378. The average molecular weight is 365 g/mol. The topological polar surface area (TPSA) is 81.3 Å². The van der Waals surface area contributed by atoms with Crippen LogP contribution in [0.15, 0.2) is 34.8 Å². The first kappa shape index (κ1) is 16.1. The van der Waals surface area contributed by atoms with Gasteiger partial charge >= 0.3 is 5.69 Å². The van der Waals surface area contributed by atoms with E-state index in [-0.39, 0.29) is 23.7 Å². The number of allylic oxidation sites excluding steroid dienone is 1. The molecule has 1 saturated carbocycles. The highest BCUT2D eigenvalue weighted by Crippen LogP contribution is 2.40. The van der Waals surface area contributed by atoms with Gasteiger partial charge in [-0.25, -0.2) is 9.79 Å². The number of aromatic nitrogens is 2. The second-order valence-electron chi connectivity index (χ2n) is 7.38. The van der Waals surface area contributed by atoms with E-state index in [4.69, 9.17) is 4.74 Å². The van der Waals surface area contributed by atoms with Gasteiger partial charge in [0.25, 0.3) is 11.9 Å². The van der Waals surface area contributed by atoms with Gasteiger partial charge < -0.3 is 14.6 Å². The lowest BCUT2D eigenvalue weighted by Crippen LogP contribution is -2.78. The highest BCUT2D eigenvalue weighted by Gasteiger charge is 2.39. The van der Waals surface area contributed by atoms with Crippen LogP contribution in [0.5, 0.6) is 5.75 Å². The quantitative estimate of drug-likeness (QED) is 0.808. The van der Waals surface area contributed by atoms with E-state index in [1.807, 2.05) is 24.4 Å². The molecule has 0 bridgehead atoms.